The Morgan fingerprint density at radius 2 is 1.73 bits per heavy atom. The van der Waals surface area contributed by atoms with Crippen molar-refractivity contribution in [2.45, 2.75) is 52.0 Å². The molecular formula is C24H35N2O3P. The highest BCUT2D eigenvalue weighted by molar-refractivity contribution is 7.67. The average molecular weight is 431 g/mol. The zero-order valence-corrected chi connectivity index (χ0v) is 19.6. The predicted molar refractivity (Wildman–Crippen MR) is 123 cm³/mol. The van der Waals surface area contributed by atoms with Crippen LogP contribution < -0.4 is 10.2 Å². The molecule has 0 amide bonds. The number of aromatic nitrogens is 1. The van der Waals surface area contributed by atoms with Gasteiger partial charge >= 0.3 is 0 Å². The fraction of sp³-hybridized carbons (Fsp3) is 0.542. The molecule has 1 N–H and O–H groups in total. The van der Waals surface area contributed by atoms with Gasteiger partial charge in [-0.25, -0.2) is 0 Å². The molecule has 30 heavy (non-hydrogen) atoms. The van der Waals surface area contributed by atoms with Gasteiger partial charge in [-0.05, 0) is 72.6 Å². The molecule has 1 heterocycles. The molecule has 0 bridgehead atoms. The molecule has 1 aromatic heterocycles. The molecule has 5 nitrogen and oxygen atoms in total. The van der Waals surface area contributed by atoms with Gasteiger partial charge in [0.25, 0.3) is 7.37 Å². The van der Waals surface area contributed by atoms with Gasteiger partial charge in [0.2, 0.25) is 0 Å². The molecule has 1 aromatic carbocycles. The lowest BCUT2D eigenvalue weighted by Gasteiger charge is -2.39. The summed E-state index contributed by atoms with van der Waals surface area (Å²) in [7, 11) is 0.334. The summed E-state index contributed by atoms with van der Waals surface area (Å²) in [5.41, 5.74) is 1.57. The first kappa shape index (κ1) is 23.0. The molecule has 2 aromatic rings. The maximum absolute atomic E-state index is 14.4. The third kappa shape index (κ3) is 4.96. The molecule has 164 valence electrons. The summed E-state index contributed by atoms with van der Waals surface area (Å²) in [5.74, 6) is 0.0636. The topological polar surface area (TPSA) is 62.7 Å². The fourth-order valence-electron chi connectivity index (χ4n) is 4.39. The first-order valence-electron chi connectivity index (χ1n) is 10.9. The molecular weight excluding hydrogens is 395 g/mol. The largest absolute Gasteiger partial charge is 0.378 e. The van der Waals surface area contributed by atoms with E-state index in [0.717, 1.165) is 24.9 Å². The molecule has 5 atom stereocenters. The normalized spacial score (nSPS) is 25.0. The summed E-state index contributed by atoms with van der Waals surface area (Å²) >= 11 is 0. The molecule has 0 unspecified atom stereocenters. The van der Waals surface area contributed by atoms with E-state index in [4.69, 9.17) is 4.52 Å². The molecule has 1 fully saturated rings. The number of pyridine rings is 1. The number of nitrogens with zero attached hydrogens (tertiary/aromatic N) is 2. The number of hydrogen-bond acceptors (Lipinski definition) is 5. The lowest BCUT2D eigenvalue weighted by Crippen LogP contribution is -2.35. The van der Waals surface area contributed by atoms with Crippen LogP contribution in [-0.4, -0.2) is 30.3 Å². The first-order chi connectivity index (χ1) is 14.2. The van der Waals surface area contributed by atoms with Crippen molar-refractivity contribution < 1.29 is 14.2 Å². The smallest absolute Gasteiger partial charge is 0.264 e. The molecule has 1 aliphatic rings. The van der Waals surface area contributed by atoms with Crippen LogP contribution in [0.25, 0.3) is 0 Å². The van der Waals surface area contributed by atoms with E-state index in [9.17, 15) is 9.67 Å². The van der Waals surface area contributed by atoms with Crippen LogP contribution in [0.3, 0.4) is 0 Å². The highest BCUT2D eigenvalue weighted by Crippen LogP contribution is 2.60. The Balaban J connectivity index is 2.01. The summed E-state index contributed by atoms with van der Waals surface area (Å²) in [4.78, 5) is 6.02. The first-order valence-corrected chi connectivity index (χ1v) is 12.6. The Hall–Kier alpha value is -1.68. The van der Waals surface area contributed by atoms with Crippen LogP contribution in [0.2, 0.25) is 0 Å². The van der Waals surface area contributed by atoms with E-state index in [1.807, 2.05) is 43.3 Å². The number of hydrogen-bond donors (Lipinski definition) is 1. The standard InChI is InChI=1S/C24H35N2O3P/c1-17(2)22-11-6-18(3)16-23(22)29-30(28,24(27)19-12-14-25-15-13-19)21-9-7-20(8-10-21)26(4)5/h7-10,12-15,17-18,22-24,27H,6,11,16H2,1-5H3/t18-,22-,23-,24+,30+/m1/s1. The molecule has 3 rings (SSSR count). The Morgan fingerprint density at radius 1 is 1.10 bits per heavy atom. The Labute approximate surface area is 180 Å². The summed E-state index contributed by atoms with van der Waals surface area (Å²) < 4.78 is 20.9. The van der Waals surface area contributed by atoms with E-state index in [1.54, 1.807) is 24.5 Å². The SMILES string of the molecule is CC(C)[C@H]1CC[C@@H](C)C[C@H]1O[P@@](=O)(c1ccc(N(C)C)cc1)[C@H](O)c1ccncc1. The van der Waals surface area contributed by atoms with E-state index < -0.39 is 13.2 Å². The maximum Gasteiger partial charge on any atom is 0.264 e. The van der Waals surface area contributed by atoms with Gasteiger partial charge in [0.1, 0.15) is 0 Å². The minimum Gasteiger partial charge on any atom is -0.378 e. The Kier molecular flexibility index (Phi) is 7.38. The van der Waals surface area contributed by atoms with Crippen molar-refractivity contribution in [3.05, 3.63) is 54.4 Å². The molecule has 6 heteroatoms. The number of benzene rings is 1. The lowest BCUT2D eigenvalue weighted by molar-refractivity contribution is 0.0427. The monoisotopic (exact) mass is 430 g/mol. The van der Waals surface area contributed by atoms with Crippen LogP contribution in [0.5, 0.6) is 0 Å². The number of anilines is 1. The molecule has 0 aliphatic heterocycles. The Bertz CT molecular complexity index is 855. The van der Waals surface area contributed by atoms with Gasteiger partial charge in [-0.2, -0.15) is 0 Å². The summed E-state index contributed by atoms with van der Waals surface area (Å²) in [5, 5.41) is 11.8. The second-order valence-electron chi connectivity index (χ2n) is 9.13. The second-order valence-corrected chi connectivity index (χ2v) is 11.5. The van der Waals surface area contributed by atoms with Crippen molar-refractivity contribution in [1.29, 1.82) is 0 Å². The van der Waals surface area contributed by atoms with Crippen LogP contribution in [-0.2, 0) is 9.09 Å². The molecule has 1 aliphatic carbocycles. The van der Waals surface area contributed by atoms with Gasteiger partial charge in [0.05, 0.1) is 6.10 Å². The minimum absolute atomic E-state index is 0.135. The van der Waals surface area contributed by atoms with Gasteiger partial charge < -0.3 is 14.5 Å². The van der Waals surface area contributed by atoms with Crippen molar-refractivity contribution >= 4 is 18.4 Å². The summed E-state index contributed by atoms with van der Waals surface area (Å²) in [6, 6.07) is 10.9. The fourth-order valence-corrected chi connectivity index (χ4v) is 6.68. The highest BCUT2D eigenvalue weighted by atomic mass is 31.2. The third-order valence-electron chi connectivity index (χ3n) is 6.31. The van der Waals surface area contributed by atoms with Crippen LogP contribution in [0.1, 0.15) is 51.4 Å². The lowest BCUT2D eigenvalue weighted by atomic mass is 9.75. The van der Waals surface area contributed by atoms with Gasteiger partial charge in [-0.3, -0.25) is 9.55 Å². The number of aliphatic hydroxyl groups is 1. The molecule has 0 radical (unpaired) electrons. The zero-order valence-electron chi connectivity index (χ0n) is 18.7. The summed E-state index contributed by atoms with van der Waals surface area (Å²) in [6.07, 6.45) is 6.18. The maximum atomic E-state index is 14.4. The van der Waals surface area contributed by atoms with Gasteiger partial charge in [0, 0.05) is 37.5 Å². The van der Waals surface area contributed by atoms with Crippen molar-refractivity contribution in [1.82, 2.24) is 4.98 Å². The van der Waals surface area contributed by atoms with E-state index >= 15 is 0 Å². The van der Waals surface area contributed by atoms with Crippen LogP contribution >= 0.6 is 7.37 Å². The third-order valence-corrected chi connectivity index (χ3v) is 8.85. The van der Waals surface area contributed by atoms with E-state index in [2.05, 4.69) is 25.8 Å². The highest BCUT2D eigenvalue weighted by Gasteiger charge is 2.42. The predicted octanol–water partition coefficient (Wildman–Crippen LogP) is 5.22. The molecule has 1 saturated carbocycles. The second kappa shape index (κ2) is 9.64. The van der Waals surface area contributed by atoms with Crippen LogP contribution in [0.4, 0.5) is 5.69 Å². The van der Waals surface area contributed by atoms with Crippen molar-refractivity contribution in [2.24, 2.45) is 17.8 Å². The van der Waals surface area contributed by atoms with Gasteiger partial charge in [-0.1, -0.05) is 27.2 Å². The summed E-state index contributed by atoms with van der Waals surface area (Å²) in [6.45, 7) is 6.63. The minimum atomic E-state index is -3.60. The van der Waals surface area contributed by atoms with Crippen LogP contribution in [0, 0.1) is 17.8 Å². The van der Waals surface area contributed by atoms with Gasteiger partial charge in [0.15, 0.2) is 5.85 Å². The molecule has 0 spiro atoms. The quantitative estimate of drug-likeness (QED) is 0.610. The van der Waals surface area contributed by atoms with E-state index in [-0.39, 0.29) is 6.10 Å². The zero-order chi connectivity index (χ0) is 21.9. The molecule has 0 saturated heterocycles. The van der Waals surface area contributed by atoms with Gasteiger partial charge in [-0.15, -0.1) is 0 Å². The van der Waals surface area contributed by atoms with Crippen molar-refractivity contribution in [3.8, 4) is 0 Å². The number of rotatable bonds is 7. The van der Waals surface area contributed by atoms with Crippen molar-refractivity contribution in [2.75, 3.05) is 19.0 Å². The Morgan fingerprint density at radius 3 is 2.30 bits per heavy atom. The van der Waals surface area contributed by atoms with E-state index in [0.29, 0.717) is 28.6 Å². The number of aliphatic hydroxyl groups excluding tert-OH is 1. The average Bonchev–Trinajstić information content (AvgIpc) is 2.73. The van der Waals surface area contributed by atoms with Crippen LogP contribution in [0.15, 0.2) is 48.8 Å². The van der Waals surface area contributed by atoms with Crippen molar-refractivity contribution in [3.63, 3.8) is 0 Å². The van der Waals surface area contributed by atoms with E-state index in [1.165, 1.54) is 0 Å².